The third-order valence-electron chi connectivity index (χ3n) is 3.74. The molecule has 0 bridgehead atoms. The number of carbonyl (C=O) groups excluding carboxylic acids is 1. The number of halogens is 2. The van der Waals surface area contributed by atoms with E-state index >= 15 is 0 Å². The van der Waals surface area contributed by atoms with Gasteiger partial charge in [-0.25, -0.2) is 13.6 Å². The fourth-order valence-corrected chi connectivity index (χ4v) is 2.68. The van der Waals surface area contributed by atoms with Gasteiger partial charge in [0, 0.05) is 11.6 Å². The monoisotopic (exact) mass is 297 g/mol. The summed E-state index contributed by atoms with van der Waals surface area (Å²) < 4.78 is 32.5. The predicted molar refractivity (Wildman–Crippen MR) is 66.3 cm³/mol. The van der Waals surface area contributed by atoms with Crippen molar-refractivity contribution in [2.75, 3.05) is 6.61 Å². The van der Waals surface area contributed by atoms with E-state index in [-0.39, 0.29) is 18.2 Å². The first-order valence-corrected chi connectivity index (χ1v) is 6.60. The Hall–Kier alpha value is -2.02. The number of carboxylic acids is 1. The second-order valence-corrected chi connectivity index (χ2v) is 5.19. The summed E-state index contributed by atoms with van der Waals surface area (Å²) in [7, 11) is 0. The van der Waals surface area contributed by atoms with Crippen LogP contribution in [0.1, 0.15) is 24.4 Å². The molecule has 1 saturated heterocycles. The molecule has 0 spiro atoms. The van der Waals surface area contributed by atoms with Crippen LogP contribution in [0.2, 0.25) is 0 Å². The van der Waals surface area contributed by atoms with Crippen LogP contribution in [0.3, 0.4) is 0 Å². The molecule has 112 valence electrons. The van der Waals surface area contributed by atoms with Gasteiger partial charge in [0.25, 0.3) is 0 Å². The highest BCUT2D eigenvalue weighted by Crippen LogP contribution is 2.40. The van der Waals surface area contributed by atoms with E-state index in [1.54, 1.807) is 0 Å². The highest BCUT2D eigenvalue weighted by molar-refractivity contribution is 5.83. The molecule has 2 atom stereocenters. The molecule has 2 unspecified atom stereocenters. The van der Waals surface area contributed by atoms with Gasteiger partial charge in [-0.3, -0.25) is 4.79 Å². The van der Waals surface area contributed by atoms with E-state index in [0.29, 0.717) is 0 Å². The Morgan fingerprint density at radius 3 is 2.67 bits per heavy atom. The van der Waals surface area contributed by atoms with Crippen LogP contribution in [-0.4, -0.2) is 40.6 Å². The van der Waals surface area contributed by atoms with E-state index in [2.05, 4.69) is 0 Å². The smallest absolute Gasteiger partial charge is 0.335 e. The number of amides is 1. The van der Waals surface area contributed by atoms with Crippen molar-refractivity contribution in [3.05, 3.63) is 35.4 Å². The molecule has 2 aliphatic rings. The Balaban J connectivity index is 2.08. The van der Waals surface area contributed by atoms with E-state index in [1.807, 2.05) is 0 Å². The third kappa shape index (κ3) is 2.37. The number of ether oxygens (including phenoxy) is 1. The van der Waals surface area contributed by atoms with E-state index in [0.717, 1.165) is 18.9 Å². The topological polar surface area (TPSA) is 66.8 Å². The zero-order chi connectivity index (χ0) is 15.1. The standard InChI is InChI=1S/C14H13F2NO4/c15-9-3-1-2-8(11(9)16)12-13(14(19)20)21-6-10(18)17(12)7-4-5-7/h1-3,7,12-13H,4-6H2,(H,19,20). The van der Waals surface area contributed by atoms with Gasteiger partial charge in [-0.2, -0.15) is 0 Å². The first kappa shape index (κ1) is 13.9. The van der Waals surface area contributed by atoms with Crippen LogP contribution in [0.25, 0.3) is 0 Å². The summed E-state index contributed by atoms with van der Waals surface area (Å²) >= 11 is 0. The van der Waals surface area contributed by atoms with Crippen LogP contribution in [0, 0.1) is 11.6 Å². The van der Waals surface area contributed by atoms with Crippen molar-refractivity contribution >= 4 is 11.9 Å². The van der Waals surface area contributed by atoms with Crippen molar-refractivity contribution in [3.8, 4) is 0 Å². The van der Waals surface area contributed by atoms with Crippen LogP contribution in [0.4, 0.5) is 8.78 Å². The molecule has 1 aromatic rings. The maximum atomic E-state index is 14.0. The van der Waals surface area contributed by atoms with Crippen molar-refractivity contribution in [1.82, 2.24) is 4.90 Å². The second-order valence-electron chi connectivity index (χ2n) is 5.19. The molecular formula is C14H13F2NO4. The summed E-state index contributed by atoms with van der Waals surface area (Å²) in [6, 6.07) is 2.25. The zero-order valence-corrected chi connectivity index (χ0v) is 11.0. The molecule has 0 radical (unpaired) electrons. The van der Waals surface area contributed by atoms with Crippen molar-refractivity contribution in [1.29, 1.82) is 0 Å². The SMILES string of the molecule is O=C(O)C1OCC(=O)N(C2CC2)C1c1cccc(F)c1F. The number of morpholine rings is 1. The Morgan fingerprint density at radius 1 is 1.33 bits per heavy atom. The van der Waals surface area contributed by atoms with Crippen molar-refractivity contribution in [2.45, 2.75) is 31.0 Å². The zero-order valence-electron chi connectivity index (χ0n) is 11.0. The summed E-state index contributed by atoms with van der Waals surface area (Å²) in [6.45, 7) is -0.360. The van der Waals surface area contributed by atoms with Gasteiger partial charge in [-0.05, 0) is 18.9 Å². The quantitative estimate of drug-likeness (QED) is 0.917. The van der Waals surface area contributed by atoms with Gasteiger partial charge in [0.1, 0.15) is 6.61 Å². The molecule has 21 heavy (non-hydrogen) atoms. The van der Waals surface area contributed by atoms with Crippen molar-refractivity contribution in [3.63, 3.8) is 0 Å². The molecule has 3 rings (SSSR count). The molecule has 1 aliphatic carbocycles. The highest BCUT2D eigenvalue weighted by atomic mass is 19.2. The van der Waals surface area contributed by atoms with Crippen LogP contribution < -0.4 is 0 Å². The minimum atomic E-state index is -1.40. The maximum Gasteiger partial charge on any atom is 0.335 e. The van der Waals surface area contributed by atoms with Crippen LogP contribution in [-0.2, 0) is 14.3 Å². The minimum Gasteiger partial charge on any atom is -0.479 e. The summed E-state index contributed by atoms with van der Waals surface area (Å²) in [5.41, 5.74) is -0.164. The fraction of sp³-hybridized carbons (Fsp3) is 0.429. The lowest BCUT2D eigenvalue weighted by Gasteiger charge is -2.39. The Morgan fingerprint density at radius 2 is 2.05 bits per heavy atom. The Bertz CT molecular complexity index is 603. The number of carbonyl (C=O) groups is 2. The molecule has 1 saturated carbocycles. The molecule has 1 amide bonds. The average Bonchev–Trinajstić information content (AvgIpc) is 3.25. The van der Waals surface area contributed by atoms with Crippen LogP contribution in [0.15, 0.2) is 18.2 Å². The minimum absolute atomic E-state index is 0.129. The lowest BCUT2D eigenvalue weighted by Crippen LogP contribution is -2.53. The largest absolute Gasteiger partial charge is 0.479 e. The van der Waals surface area contributed by atoms with Crippen LogP contribution >= 0.6 is 0 Å². The maximum absolute atomic E-state index is 14.0. The summed E-state index contributed by atoms with van der Waals surface area (Å²) in [5.74, 6) is -3.92. The normalized spacial score (nSPS) is 26.0. The summed E-state index contributed by atoms with van der Waals surface area (Å²) in [6.07, 6.45) is 0.0522. The van der Waals surface area contributed by atoms with E-state index in [4.69, 9.17) is 4.74 Å². The number of nitrogens with zero attached hydrogens (tertiary/aromatic N) is 1. The summed E-state index contributed by atoms with van der Waals surface area (Å²) in [5, 5.41) is 9.26. The lowest BCUT2D eigenvalue weighted by molar-refractivity contribution is -0.174. The Labute approximate surface area is 119 Å². The molecule has 1 heterocycles. The van der Waals surface area contributed by atoms with E-state index in [1.165, 1.54) is 17.0 Å². The van der Waals surface area contributed by atoms with Crippen molar-refractivity contribution < 1.29 is 28.2 Å². The molecule has 2 fully saturated rings. The number of carboxylic acid groups (broad SMARTS) is 1. The first-order valence-electron chi connectivity index (χ1n) is 6.60. The average molecular weight is 297 g/mol. The van der Waals surface area contributed by atoms with E-state index in [9.17, 15) is 23.5 Å². The van der Waals surface area contributed by atoms with Gasteiger partial charge in [0.2, 0.25) is 5.91 Å². The molecule has 1 aromatic carbocycles. The third-order valence-corrected chi connectivity index (χ3v) is 3.74. The number of hydrogen-bond acceptors (Lipinski definition) is 3. The molecule has 5 nitrogen and oxygen atoms in total. The number of benzene rings is 1. The van der Waals surface area contributed by atoms with Gasteiger partial charge in [0.05, 0.1) is 6.04 Å². The number of hydrogen-bond donors (Lipinski definition) is 1. The fourth-order valence-electron chi connectivity index (χ4n) is 2.68. The predicted octanol–water partition coefficient (Wildman–Crippen LogP) is 1.48. The molecule has 1 aliphatic heterocycles. The van der Waals surface area contributed by atoms with Crippen LogP contribution in [0.5, 0.6) is 0 Å². The van der Waals surface area contributed by atoms with Crippen molar-refractivity contribution in [2.24, 2.45) is 0 Å². The number of aliphatic carboxylic acids is 1. The lowest BCUT2D eigenvalue weighted by atomic mass is 9.96. The molecule has 7 heteroatoms. The van der Waals surface area contributed by atoms with Gasteiger partial charge in [0.15, 0.2) is 17.7 Å². The Kier molecular flexibility index (Phi) is 3.36. The van der Waals surface area contributed by atoms with E-state index < -0.39 is 35.7 Å². The molecular weight excluding hydrogens is 284 g/mol. The molecule has 1 N–H and O–H groups in total. The first-order chi connectivity index (χ1) is 10.0. The van der Waals surface area contributed by atoms with Gasteiger partial charge >= 0.3 is 5.97 Å². The van der Waals surface area contributed by atoms with Gasteiger partial charge in [-0.1, -0.05) is 12.1 Å². The highest BCUT2D eigenvalue weighted by Gasteiger charge is 2.48. The summed E-state index contributed by atoms with van der Waals surface area (Å²) in [4.78, 5) is 24.7. The molecule has 0 aromatic heterocycles. The van der Waals surface area contributed by atoms with Gasteiger partial charge in [-0.15, -0.1) is 0 Å². The number of rotatable bonds is 3. The van der Waals surface area contributed by atoms with Gasteiger partial charge < -0.3 is 14.7 Å². The second kappa shape index (κ2) is 5.07.